The molecular formula is C42H71NO6. The standard InChI is InChI=1S/C42H71NO6/c1-4-7-8-9-10-11-12-13-14-15-16-17-18-19-20-21-39(44)47-32-38(34-49-41(46)23-25-43(5-2)6-3)33-48-40(45)22-24-42-29-35-26-36(30-42)28-37(27-35)31-42/h10-11,13-14,35-38H,4-9,12,15-34H2,1-3H3/b11-10-,14-13-. The summed E-state index contributed by atoms with van der Waals surface area (Å²) in [5, 5.41) is 0. The predicted molar refractivity (Wildman–Crippen MR) is 198 cm³/mol. The zero-order chi connectivity index (χ0) is 35.2. The average Bonchev–Trinajstić information content (AvgIpc) is 3.08. The summed E-state index contributed by atoms with van der Waals surface area (Å²) in [7, 11) is 0. The van der Waals surface area contributed by atoms with Crippen LogP contribution < -0.4 is 0 Å². The normalized spacial score (nSPS) is 23.5. The summed E-state index contributed by atoms with van der Waals surface area (Å²) in [5.41, 5.74) is 0.338. The van der Waals surface area contributed by atoms with Gasteiger partial charge in [0.05, 0.1) is 12.3 Å². The van der Waals surface area contributed by atoms with Gasteiger partial charge in [-0.25, -0.2) is 0 Å². The summed E-state index contributed by atoms with van der Waals surface area (Å²) in [6.07, 6.45) is 31.7. The van der Waals surface area contributed by atoms with Gasteiger partial charge in [0.2, 0.25) is 0 Å². The molecule has 0 aliphatic heterocycles. The maximum atomic E-state index is 12.9. The van der Waals surface area contributed by atoms with E-state index < -0.39 is 0 Å². The van der Waals surface area contributed by atoms with Crippen LogP contribution >= 0.6 is 0 Å². The first kappa shape index (κ1) is 41.3. The van der Waals surface area contributed by atoms with Crippen molar-refractivity contribution in [1.82, 2.24) is 4.90 Å². The fourth-order valence-electron chi connectivity index (χ4n) is 8.83. The van der Waals surface area contributed by atoms with Crippen LogP contribution in [0.3, 0.4) is 0 Å². The van der Waals surface area contributed by atoms with E-state index in [0.717, 1.165) is 69.4 Å². The molecule has 7 heteroatoms. The van der Waals surface area contributed by atoms with Gasteiger partial charge in [-0.1, -0.05) is 77.2 Å². The molecule has 4 bridgehead atoms. The van der Waals surface area contributed by atoms with Crippen LogP contribution in [0.2, 0.25) is 0 Å². The second kappa shape index (κ2) is 24.1. The minimum Gasteiger partial charge on any atom is -0.465 e. The second-order valence-corrected chi connectivity index (χ2v) is 15.6. The highest BCUT2D eigenvalue weighted by Gasteiger charge is 2.50. The molecule has 280 valence electrons. The molecule has 0 aromatic rings. The lowest BCUT2D eigenvalue weighted by Gasteiger charge is -2.57. The third kappa shape index (κ3) is 17.1. The van der Waals surface area contributed by atoms with Crippen molar-refractivity contribution in [3.8, 4) is 0 Å². The van der Waals surface area contributed by atoms with Crippen molar-refractivity contribution in [1.29, 1.82) is 0 Å². The first-order chi connectivity index (χ1) is 23.8. The minimum absolute atomic E-state index is 0.0797. The first-order valence-corrected chi connectivity index (χ1v) is 20.3. The fourth-order valence-corrected chi connectivity index (χ4v) is 8.83. The zero-order valence-corrected chi connectivity index (χ0v) is 31.6. The Morgan fingerprint density at radius 3 is 1.67 bits per heavy atom. The van der Waals surface area contributed by atoms with Crippen LogP contribution in [0.4, 0.5) is 0 Å². The van der Waals surface area contributed by atoms with Gasteiger partial charge < -0.3 is 19.1 Å². The van der Waals surface area contributed by atoms with Crippen molar-refractivity contribution in [2.75, 3.05) is 39.5 Å². The van der Waals surface area contributed by atoms with Crippen molar-refractivity contribution < 1.29 is 28.6 Å². The molecule has 0 radical (unpaired) electrons. The fraction of sp³-hybridized carbons (Fsp3) is 0.833. The second-order valence-electron chi connectivity index (χ2n) is 15.6. The average molecular weight is 686 g/mol. The highest BCUT2D eigenvalue weighted by Crippen LogP contribution is 2.61. The summed E-state index contributed by atoms with van der Waals surface area (Å²) in [4.78, 5) is 40.1. The molecule has 49 heavy (non-hydrogen) atoms. The lowest BCUT2D eigenvalue weighted by Crippen LogP contribution is -2.46. The Kier molecular flexibility index (Phi) is 20.3. The van der Waals surface area contributed by atoms with Crippen molar-refractivity contribution in [2.45, 2.75) is 156 Å². The molecule has 0 aromatic heterocycles. The van der Waals surface area contributed by atoms with Gasteiger partial charge in [0.1, 0.15) is 19.8 Å². The maximum Gasteiger partial charge on any atom is 0.307 e. The van der Waals surface area contributed by atoms with Gasteiger partial charge >= 0.3 is 17.9 Å². The highest BCUT2D eigenvalue weighted by atomic mass is 16.6. The lowest BCUT2D eigenvalue weighted by atomic mass is 9.48. The molecule has 4 aliphatic rings. The van der Waals surface area contributed by atoms with Gasteiger partial charge in [-0.15, -0.1) is 0 Å². The molecular weight excluding hydrogens is 614 g/mol. The molecule has 4 fully saturated rings. The minimum atomic E-state index is -0.366. The molecule has 0 amide bonds. The molecule has 4 aliphatic carbocycles. The lowest BCUT2D eigenvalue weighted by molar-refractivity contribution is -0.154. The summed E-state index contributed by atoms with van der Waals surface area (Å²) in [6, 6.07) is 0. The predicted octanol–water partition coefficient (Wildman–Crippen LogP) is 9.77. The third-order valence-electron chi connectivity index (χ3n) is 11.3. The molecule has 4 saturated carbocycles. The SMILES string of the molecule is CCCCC/C=C\C/C=C\CCCCCCCC(=O)OCC(COC(=O)CCN(CC)CC)COC(=O)CCC12CC3CC(CC(C3)C1)C2. The third-order valence-corrected chi connectivity index (χ3v) is 11.3. The molecule has 0 aromatic carbocycles. The number of carbonyl (C=O) groups excluding carboxylic acids is 3. The van der Waals surface area contributed by atoms with Crippen LogP contribution in [-0.4, -0.2) is 62.3 Å². The largest absolute Gasteiger partial charge is 0.465 e. The van der Waals surface area contributed by atoms with Gasteiger partial charge in [0.25, 0.3) is 0 Å². The van der Waals surface area contributed by atoms with E-state index in [1.54, 1.807) is 0 Å². The van der Waals surface area contributed by atoms with E-state index in [4.69, 9.17) is 14.2 Å². The molecule has 1 atom stereocenters. The Balaban J connectivity index is 1.30. The number of hydrogen-bond acceptors (Lipinski definition) is 7. The Bertz CT molecular complexity index is 966. The number of esters is 3. The van der Waals surface area contributed by atoms with E-state index in [-0.39, 0.29) is 43.6 Å². The summed E-state index contributed by atoms with van der Waals surface area (Å²) in [6.45, 7) is 9.07. The Morgan fingerprint density at radius 1 is 0.633 bits per heavy atom. The molecule has 1 unspecified atom stereocenters. The number of nitrogens with zero attached hydrogens (tertiary/aromatic N) is 1. The van der Waals surface area contributed by atoms with Crippen molar-refractivity contribution in [3.05, 3.63) is 24.3 Å². The van der Waals surface area contributed by atoms with Crippen LogP contribution in [0.15, 0.2) is 24.3 Å². The van der Waals surface area contributed by atoms with Gasteiger partial charge in [-0.05, 0) is 120 Å². The quantitative estimate of drug-likeness (QED) is 0.0351. The molecule has 4 rings (SSSR count). The van der Waals surface area contributed by atoms with E-state index >= 15 is 0 Å². The van der Waals surface area contributed by atoms with Gasteiger partial charge in [0, 0.05) is 19.4 Å². The van der Waals surface area contributed by atoms with E-state index in [0.29, 0.717) is 31.2 Å². The summed E-state index contributed by atoms with van der Waals surface area (Å²) in [5.74, 6) is 1.52. The Labute approximate surface area is 299 Å². The maximum absolute atomic E-state index is 12.9. The number of unbranched alkanes of at least 4 members (excludes halogenated alkanes) is 8. The summed E-state index contributed by atoms with van der Waals surface area (Å²) < 4.78 is 16.9. The summed E-state index contributed by atoms with van der Waals surface area (Å²) >= 11 is 0. The van der Waals surface area contributed by atoms with Crippen LogP contribution in [0, 0.1) is 29.1 Å². The monoisotopic (exact) mass is 686 g/mol. The number of rotatable bonds is 28. The first-order valence-electron chi connectivity index (χ1n) is 20.3. The number of ether oxygens (including phenoxy) is 3. The topological polar surface area (TPSA) is 82.1 Å². The van der Waals surface area contributed by atoms with Crippen LogP contribution in [0.5, 0.6) is 0 Å². The van der Waals surface area contributed by atoms with E-state index in [2.05, 4.69) is 50.0 Å². The molecule has 0 saturated heterocycles. The molecule has 0 N–H and O–H groups in total. The number of carbonyl (C=O) groups is 3. The van der Waals surface area contributed by atoms with E-state index in [1.807, 2.05) is 0 Å². The van der Waals surface area contributed by atoms with Crippen molar-refractivity contribution in [3.63, 3.8) is 0 Å². The van der Waals surface area contributed by atoms with Crippen molar-refractivity contribution in [2.24, 2.45) is 29.1 Å². The van der Waals surface area contributed by atoms with E-state index in [1.165, 1.54) is 77.0 Å². The molecule has 0 spiro atoms. The zero-order valence-electron chi connectivity index (χ0n) is 31.6. The van der Waals surface area contributed by atoms with Gasteiger partial charge in [0.15, 0.2) is 0 Å². The van der Waals surface area contributed by atoms with Crippen LogP contribution in [0.1, 0.15) is 156 Å². The van der Waals surface area contributed by atoms with Crippen LogP contribution in [-0.2, 0) is 28.6 Å². The van der Waals surface area contributed by atoms with Crippen molar-refractivity contribution >= 4 is 17.9 Å². The number of allylic oxidation sites excluding steroid dienone is 4. The van der Waals surface area contributed by atoms with Gasteiger partial charge in [-0.2, -0.15) is 0 Å². The molecule has 0 heterocycles. The van der Waals surface area contributed by atoms with Crippen LogP contribution in [0.25, 0.3) is 0 Å². The highest BCUT2D eigenvalue weighted by molar-refractivity contribution is 5.70. The molecule has 7 nitrogen and oxygen atoms in total. The number of hydrogen-bond donors (Lipinski definition) is 0. The Morgan fingerprint density at radius 2 is 1.12 bits per heavy atom. The van der Waals surface area contributed by atoms with E-state index in [9.17, 15) is 14.4 Å². The Hall–Kier alpha value is -2.15. The van der Waals surface area contributed by atoms with Gasteiger partial charge in [-0.3, -0.25) is 14.4 Å². The smallest absolute Gasteiger partial charge is 0.307 e.